The smallest absolute Gasteiger partial charge is 0.350 e. The molecule has 1 aromatic rings. The zero-order valence-corrected chi connectivity index (χ0v) is 16.3. The van der Waals surface area contributed by atoms with Crippen LogP contribution >= 0.6 is 0 Å². The number of hydroxylamine groups is 1. The number of nitrogens with two attached hydrogens (primary N) is 1. The molecule has 0 bridgehead atoms. The summed E-state index contributed by atoms with van der Waals surface area (Å²) in [5.74, 6) is -0.381. The molecule has 2 rings (SSSR count). The number of esters is 1. The predicted molar refractivity (Wildman–Crippen MR) is 93.9 cm³/mol. The average molecular weight is 420 g/mol. The van der Waals surface area contributed by atoms with Gasteiger partial charge in [-0.2, -0.15) is 8.42 Å². The number of ether oxygens (including phenoxy) is 2. The summed E-state index contributed by atoms with van der Waals surface area (Å²) in [6, 6.07) is 4.01. The maximum Gasteiger partial charge on any atom is 0.350 e. The molecule has 27 heavy (non-hydrogen) atoms. The highest BCUT2D eigenvalue weighted by molar-refractivity contribution is 7.90. The van der Waals surface area contributed by atoms with Gasteiger partial charge in [0, 0.05) is 0 Å². The van der Waals surface area contributed by atoms with E-state index < -0.39 is 32.3 Å². The van der Waals surface area contributed by atoms with Crippen LogP contribution in [0.5, 0.6) is 5.75 Å². The minimum atomic E-state index is -4.69. The van der Waals surface area contributed by atoms with Crippen LogP contribution in [0, 0.1) is 0 Å². The Bertz CT molecular complexity index is 923. The van der Waals surface area contributed by atoms with Crippen molar-refractivity contribution in [1.29, 1.82) is 0 Å². The molecule has 0 fully saturated rings. The third kappa shape index (κ3) is 5.05. The minimum absolute atomic E-state index is 0.0236. The van der Waals surface area contributed by atoms with Gasteiger partial charge in [-0.05, 0) is 43.5 Å². The van der Waals surface area contributed by atoms with Crippen LogP contribution in [-0.2, 0) is 34.1 Å². The fourth-order valence-electron chi connectivity index (χ4n) is 2.63. The predicted octanol–water partition coefficient (Wildman–Crippen LogP) is 0.473. The maximum atomic E-state index is 13.0. The Balaban J connectivity index is 2.54. The van der Waals surface area contributed by atoms with Gasteiger partial charge in [0.15, 0.2) is 0 Å². The van der Waals surface area contributed by atoms with Gasteiger partial charge in [-0.1, -0.05) is 10.5 Å². The van der Waals surface area contributed by atoms with Crippen molar-refractivity contribution in [2.24, 2.45) is 5.14 Å². The first-order chi connectivity index (χ1) is 12.6. The first-order valence-electron chi connectivity index (χ1n) is 7.79. The molecule has 0 aliphatic heterocycles. The number of rotatable bonds is 7. The number of carbonyl (C=O) groups excluding carboxylic acids is 1. The highest BCUT2D eigenvalue weighted by Gasteiger charge is 2.40. The van der Waals surface area contributed by atoms with E-state index in [1.807, 2.05) is 0 Å². The maximum absolute atomic E-state index is 13.0. The van der Waals surface area contributed by atoms with E-state index in [1.54, 1.807) is 0 Å². The molecule has 0 saturated carbocycles. The topological polar surface area (TPSA) is 142 Å². The van der Waals surface area contributed by atoms with Crippen LogP contribution in [0.3, 0.4) is 0 Å². The van der Waals surface area contributed by atoms with Crippen molar-refractivity contribution in [3.05, 3.63) is 35.9 Å². The minimum Gasteiger partial charge on any atom is -0.497 e. The second-order valence-electron chi connectivity index (χ2n) is 5.60. The molecule has 1 aliphatic rings. The lowest BCUT2D eigenvalue weighted by atomic mass is 9.95. The summed E-state index contributed by atoms with van der Waals surface area (Å²) < 4.78 is 63.5. The molecule has 12 heteroatoms. The van der Waals surface area contributed by atoms with Crippen molar-refractivity contribution in [2.45, 2.75) is 30.2 Å². The fraction of sp³-hybridized carbons (Fsp3) is 0.400. The van der Waals surface area contributed by atoms with Gasteiger partial charge >= 0.3 is 16.3 Å². The number of allylic oxidation sites excluding steroid dienone is 1. The van der Waals surface area contributed by atoms with Crippen LogP contribution < -0.4 is 9.88 Å². The molecular formula is C15H20N2O8S2. The second kappa shape index (κ2) is 8.35. The molecule has 1 aliphatic carbocycles. The fourth-order valence-corrected chi connectivity index (χ4v) is 4.76. The quantitative estimate of drug-likeness (QED) is 0.495. The van der Waals surface area contributed by atoms with Gasteiger partial charge in [0.2, 0.25) is 0 Å². The third-order valence-electron chi connectivity index (χ3n) is 3.85. The first kappa shape index (κ1) is 21.3. The Labute approximate surface area is 157 Å². The van der Waals surface area contributed by atoms with E-state index >= 15 is 0 Å². The van der Waals surface area contributed by atoms with Crippen molar-refractivity contribution in [1.82, 2.24) is 4.47 Å². The van der Waals surface area contributed by atoms with E-state index in [4.69, 9.17) is 9.88 Å². The molecule has 0 radical (unpaired) electrons. The monoisotopic (exact) mass is 420 g/mol. The van der Waals surface area contributed by atoms with Crippen LogP contribution in [0.15, 0.2) is 40.8 Å². The van der Waals surface area contributed by atoms with Gasteiger partial charge in [0.1, 0.15) is 5.75 Å². The number of benzene rings is 1. The van der Waals surface area contributed by atoms with Gasteiger partial charge in [-0.15, -0.1) is 4.28 Å². The first-order valence-corrected chi connectivity index (χ1v) is 10.7. The van der Waals surface area contributed by atoms with Crippen LogP contribution in [0.2, 0.25) is 0 Å². The lowest BCUT2D eigenvalue weighted by Crippen LogP contribution is -2.46. The summed E-state index contributed by atoms with van der Waals surface area (Å²) in [7, 11) is -6.63. The summed E-state index contributed by atoms with van der Waals surface area (Å²) >= 11 is 0. The van der Waals surface area contributed by atoms with Crippen LogP contribution in [0.1, 0.15) is 19.3 Å². The second-order valence-corrected chi connectivity index (χ2v) is 8.52. The summed E-state index contributed by atoms with van der Waals surface area (Å²) in [5.41, 5.74) is -0.0236. The summed E-state index contributed by atoms with van der Waals surface area (Å²) in [6.45, 7) is 0. The van der Waals surface area contributed by atoms with Crippen molar-refractivity contribution in [2.75, 3.05) is 14.2 Å². The standard InChI is InChI=1S/C15H20N2O8S2/c1-23-11-7-9-12(10-8-11)26(19,20)17(25-27(16,21)22)14-6-4-3-5-13(14)15(18)24-2/h5,7-10,14H,3-4,6H2,1-2H3,(H2,16,21,22). The van der Waals surface area contributed by atoms with Crippen molar-refractivity contribution >= 4 is 26.3 Å². The SMILES string of the molecule is COC(=O)C1=CCCCC1N(OS(N)(=O)=O)S(=O)(=O)c1ccc(OC)cc1. The highest BCUT2D eigenvalue weighted by atomic mass is 32.2. The van der Waals surface area contributed by atoms with Crippen LogP contribution in [0.25, 0.3) is 0 Å². The Morgan fingerprint density at radius 1 is 1.15 bits per heavy atom. The Kier molecular flexibility index (Phi) is 6.59. The number of hydrogen-bond donors (Lipinski definition) is 1. The zero-order chi connectivity index (χ0) is 20.2. The molecule has 2 N–H and O–H groups in total. The number of carbonyl (C=O) groups is 1. The Morgan fingerprint density at radius 3 is 2.30 bits per heavy atom. The number of nitrogens with zero attached hydrogens (tertiary/aromatic N) is 1. The number of hydrogen-bond acceptors (Lipinski definition) is 8. The van der Waals surface area contributed by atoms with Gasteiger partial charge < -0.3 is 9.47 Å². The summed E-state index contributed by atoms with van der Waals surface area (Å²) in [5, 5.41) is 4.91. The highest BCUT2D eigenvalue weighted by Crippen LogP contribution is 2.30. The molecule has 0 aromatic heterocycles. The van der Waals surface area contributed by atoms with Crippen LogP contribution in [-0.4, -0.2) is 47.5 Å². The molecule has 0 heterocycles. The molecule has 1 atom stereocenters. The summed E-state index contributed by atoms with van der Waals surface area (Å²) in [6.07, 6.45) is 2.65. The van der Waals surface area contributed by atoms with E-state index in [9.17, 15) is 21.6 Å². The van der Waals surface area contributed by atoms with Gasteiger partial charge in [-0.3, -0.25) is 0 Å². The summed E-state index contributed by atoms with van der Waals surface area (Å²) in [4.78, 5) is 11.8. The van der Waals surface area contributed by atoms with E-state index in [2.05, 4.69) is 9.02 Å². The lowest BCUT2D eigenvalue weighted by molar-refractivity contribution is -0.137. The largest absolute Gasteiger partial charge is 0.497 e. The average Bonchev–Trinajstić information content (AvgIpc) is 2.64. The molecule has 1 aromatic carbocycles. The van der Waals surface area contributed by atoms with Gasteiger partial charge in [0.05, 0.1) is 30.7 Å². The molecule has 0 saturated heterocycles. The molecule has 150 valence electrons. The molecule has 10 nitrogen and oxygen atoms in total. The molecule has 1 unspecified atom stereocenters. The van der Waals surface area contributed by atoms with Crippen molar-refractivity contribution in [3.63, 3.8) is 0 Å². The zero-order valence-electron chi connectivity index (χ0n) is 14.7. The third-order valence-corrected chi connectivity index (χ3v) is 5.99. The van der Waals surface area contributed by atoms with Crippen LogP contribution in [0.4, 0.5) is 0 Å². The molecular weight excluding hydrogens is 400 g/mol. The van der Waals surface area contributed by atoms with E-state index in [0.29, 0.717) is 18.6 Å². The van der Waals surface area contributed by atoms with Gasteiger partial charge in [0.25, 0.3) is 10.0 Å². The van der Waals surface area contributed by atoms with E-state index in [0.717, 1.165) is 7.11 Å². The number of sulfonamides is 1. The van der Waals surface area contributed by atoms with Gasteiger partial charge in [-0.25, -0.2) is 18.4 Å². The van der Waals surface area contributed by atoms with Crippen molar-refractivity contribution < 1.29 is 35.4 Å². The Hall–Kier alpha value is -1.99. The molecule has 0 amide bonds. The van der Waals surface area contributed by atoms with E-state index in [-0.39, 0.29) is 21.4 Å². The normalized spacial score (nSPS) is 18.1. The van der Waals surface area contributed by atoms with Crippen molar-refractivity contribution in [3.8, 4) is 5.75 Å². The van der Waals surface area contributed by atoms with E-state index in [1.165, 1.54) is 37.5 Å². The number of methoxy groups -OCH3 is 2. The molecule has 0 spiro atoms. The lowest BCUT2D eigenvalue weighted by Gasteiger charge is -2.31. The Morgan fingerprint density at radius 2 is 1.78 bits per heavy atom.